The van der Waals surface area contributed by atoms with E-state index in [-0.39, 0.29) is 11.9 Å². The molecule has 1 rings (SSSR count). The Morgan fingerprint density at radius 3 is 2.29 bits per heavy atom. The maximum atomic E-state index is 9.88. The molecule has 1 N–H and O–H groups in total. The van der Waals surface area contributed by atoms with Crippen LogP contribution in [0.4, 0.5) is 0 Å². The van der Waals surface area contributed by atoms with Crippen LogP contribution in [0.1, 0.15) is 39.2 Å². The molecule has 0 aliphatic rings. The Morgan fingerprint density at radius 2 is 1.79 bits per heavy atom. The Morgan fingerprint density at radius 1 is 1.14 bits per heavy atom. The number of ether oxygens (including phenoxy) is 1. The maximum absolute atomic E-state index is 9.88. The van der Waals surface area contributed by atoms with Gasteiger partial charge in [-0.2, -0.15) is 0 Å². The number of hydrogen-bond donors (Lipinski definition) is 1. The number of hydrogen-bond acceptors (Lipinski definition) is 2. The lowest BCUT2D eigenvalue weighted by Gasteiger charge is -2.15. The highest BCUT2D eigenvalue weighted by molar-refractivity contribution is 5.46. The topological polar surface area (TPSA) is 29.5 Å². The van der Waals surface area contributed by atoms with Gasteiger partial charge in [0.25, 0.3) is 0 Å². The van der Waals surface area contributed by atoms with Crippen LogP contribution in [0.15, 0.2) is 18.2 Å². The Hall–Kier alpha value is -1.18. The fourth-order valence-electron chi connectivity index (χ4n) is 1.35. The van der Waals surface area contributed by atoms with E-state index in [9.17, 15) is 5.11 Å². The first-order chi connectivity index (χ1) is 6.52. The van der Waals surface area contributed by atoms with Crippen LogP contribution in [0.5, 0.6) is 11.5 Å². The molecule has 14 heavy (non-hydrogen) atoms. The van der Waals surface area contributed by atoms with Crippen molar-refractivity contribution in [2.24, 2.45) is 0 Å². The molecule has 2 nitrogen and oxygen atoms in total. The van der Waals surface area contributed by atoms with Gasteiger partial charge in [-0.05, 0) is 25.8 Å². The summed E-state index contributed by atoms with van der Waals surface area (Å²) in [5, 5.41) is 9.88. The predicted molar refractivity (Wildman–Crippen MR) is 58.0 cm³/mol. The molecule has 0 radical (unpaired) electrons. The third-order valence-corrected chi connectivity index (χ3v) is 2.01. The van der Waals surface area contributed by atoms with E-state index in [2.05, 4.69) is 0 Å². The quantitative estimate of drug-likeness (QED) is 0.800. The number of phenolic OH excluding ortho intramolecular Hbond substituents is 1. The molecule has 0 spiro atoms. The zero-order valence-electron chi connectivity index (χ0n) is 9.24. The van der Waals surface area contributed by atoms with Gasteiger partial charge >= 0.3 is 0 Å². The van der Waals surface area contributed by atoms with Gasteiger partial charge in [-0.15, -0.1) is 0 Å². The van der Waals surface area contributed by atoms with Crippen molar-refractivity contribution in [1.29, 1.82) is 0 Å². The summed E-state index contributed by atoms with van der Waals surface area (Å²) in [5.41, 5.74) is 0.933. The summed E-state index contributed by atoms with van der Waals surface area (Å²) >= 11 is 0. The number of aromatic hydroxyl groups is 1. The van der Waals surface area contributed by atoms with Crippen molar-refractivity contribution in [1.82, 2.24) is 0 Å². The Kier molecular flexibility index (Phi) is 3.39. The Bertz CT molecular complexity index is 303. The minimum atomic E-state index is 0.0864. The first kappa shape index (κ1) is 10.9. The average molecular weight is 194 g/mol. The zero-order valence-corrected chi connectivity index (χ0v) is 9.24. The lowest BCUT2D eigenvalue weighted by atomic mass is 10.0. The molecule has 1 aromatic carbocycles. The van der Waals surface area contributed by atoms with Gasteiger partial charge in [-0.1, -0.05) is 26.0 Å². The minimum Gasteiger partial charge on any atom is -0.504 e. The van der Waals surface area contributed by atoms with Crippen molar-refractivity contribution in [2.75, 3.05) is 0 Å². The van der Waals surface area contributed by atoms with Crippen molar-refractivity contribution < 1.29 is 9.84 Å². The second kappa shape index (κ2) is 4.36. The Labute approximate surface area is 85.5 Å². The first-order valence-corrected chi connectivity index (χ1v) is 5.01. The van der Waals surface area contributed by atoms with E-state index in [1.165, 1.54) is 0 Å². The molecule has 0 atom stereocenters. The molecule has 0 bridgehead atoms. The molecule has 0 amide bonds. The average Bonchev–Trinajstić information content (AvgIpc) is 2.07. The van der Waals surface area contributed by atoms with E-state index in [1.807, 2.05) is 39.8 Å². The molecule has 0 heterocycles. The summed E-state index contributed by atoms with van der Waals surface area (Å²) in [6, 6.07) is 5.63. The second-order valence-electron chi connectivity index (χ2n) is 4.02. The van der Waals surface area contributed by atoms with Gasteiger partial charge in [-0.3, -0.25) is 0 Å². The van der Waals surface area contributed by atoms with Gasteiger partial charge in [0.1, 0.15) is 0 Å². The SMILES string of the molecule is CC(C)Oc1cccc(C(C)C)c1O. The van der Waals surface area contributed by atoms with Gasteiger partial charge < -0.3 is 9.84 Å². The highest BCUT2D eigenvalue weighted by Gasteiger charge is 2.11. The number of benzene rings is 1. The minimum absolute atomic E-state index is 0.0864. The van der Waals surface area contributed by atoms with E-state index in [0.717, 1.165) is 5.56 Å². The summed E-state index contributed by atoms with van der Waals surface area (Å²) in [5.74, 6) is 1.16. The molecular weight excluding hydrogens is 176 g/mol. The summed E-state index contributed by atoms with van der Waals surface area (Å²) in [4.78, 5) is 0. The van der Waals surface area contributed by atoms with Crippen LogP contribution in [-0.2, 0) is 0 Å². The summed E-state index contributed by atoms with van der Waals surface area (Å²) in [6.45, 7) is 7.99. The van der Waals surface area contributed by atoms with Crippen molar-refractivity contribution in [3.05, 3.63) is 23.8 Å². The van der Waals surface area contributed by atoms with Crippen LogP contribution in [0, 0.1) is 0 Å². The molecule has 0 fully saturated rings. The van der Waals surface area contributed by atoms with E-state index in [1.54, 1.807) is 6.07 Å². The summed E-state index contributed by atoms with van der Waals surface area (Å²) < 4.78 is 5.49. The summed E-state index contributed by atoms with van der Waals surface area (Å²) in [7, 11) is 0. The number of phenols is 1. The van der Waals surface area contributed by atoms with E-state index in [4.69, 9.17) is 4.74 Å². The molecule has 2 heteroatoms. The van der Waals surface area contributed by atoms with E-state index < -0.39 is 0 Å². The van der Waals surface area contributed by atoms with Gasteiger partial charge in [0.2, 0.25) is 0 Å². The normalized spacial score (nSPS) is 11.0. The smallest absolute Gasteiger partial charge is 0.161 e. The molecular formula is C12H18O2. The molecule has 0 saturated heterocycles. The lowest BCUT2D eigenvalue weighted by molar-refractivity contribution is 0.231. The van der Waals surface area contributed by atoms with E-state index in [0.29, 0.717) is 11.7 Å². The third kappa shape index (κ3) is 2.41. The first-order valence-electron chi connectivity index (χ1n) is 5.01. The van der Waals surface area contributed by atoms with Crippen LogP contribution < -0.4 is 4.74 Å². The van der Waals surface area contributed by atoms with Gasteiger partial charge in [0.15, 0.2) is 11.5 Å². The predicted octanol–water partition coefficient (Wildman–Crippen LogP) is 3.30. The van der Waals surface area contributed by atoms with Gasteiger partial charge in [0, 0.05) is 5.56 Å². The van der Waals surface area contributed by atoms with Crippen LogP contribution >= 0.6 is 0 Å². The molecule has 0 aliphatic heterocycles. The van der Waals surface area contributed by atoms with Crippen molar-refractivity contribution in [3.8, 4) is 11.5 Å². The summed E-state index contributed by atoms with van der Waals surface area (Å²) in [6.07, 6.45) is 0.0864. The standard InChI is InChI=1S/C12H18O2/c1-8(2)10-6-5-7-11(12(10)13)14-9(3)4/h5-9,13H,1-4H3. The molecule has 78 valence electrons. The van der Waals surface area contributed by atoms with Crippen LogP contribution in [0.3, 0.4) is 0 Å². The van der Waals surface area contributed by atoms with Gasteiger partial charge in [-0.25, -0.2) is 0 Å². The Balaban J connectivity index is 3.01. The largest absolute Gasteiger partial charge is 0.504 e. The molecule has 0 aliphatic carbocycles. The fraction of sp³-hybridized carbons (Fsp3) is 0.500. The lowest BCUT2D eigenvalue weighted by Crippen LogP contribution is -2.06. The highest BCUT2D eigenvalue weighted by atomic mass is 16.5. The number of para-hydroxylation sites is 1. The molecule has 0 aromatic heterocycles. The van der Waals surface area contributed by atoms with Gasteiger partial charge in [0.05, 0.1) is 6.10 Å². The molecule has 0 unspecified atom stereocenters. The second-order valence-corrected chi connectivity index (χ2v) is 4.02. The van der Waals surface area contributed by atoms with Crippen molar-refractivity contribution in [3.63, 3.8) is 0 Å². The molecule has 0 saturated carbocycles. The maximum Gasteiger partial charge on any atom is 0.161 e. The highest BCUT2D eigenvalue weighted by Crippen LogP contribution is 2.34. The third-order valence-electron chi connectivity index (χ3n) is 2.01. The monoisotopic (exact) mass is 194 g/mol. The van der Waals surface area contributed by atoms with Crippen molar-refractivity contribution >= 4 is 0 Å². The number of rotatable bonds is 3. The molecule has 1 aromatic rings. The van der Waals surface area contributed by atoms with Crippen LogP contribution in [0.25, 0.3) is 0 Å². The fourth-order valence-corrected chi connectivity index (χ4v) is 1.35. The zero-order chi connectivity index (χ0) is 10.7. The van der Waals surface area contributed by atoms with Crippen molar-refractivity contribution in [2.45, 2.75) is 39.7 Å². The van der Waals surface area contributed by atoms with Crippen LogP contribution in [0.2, 0.25) is 0 Å². The van der Waals surface area contributed by atoms with Crippen LogP contribution in [-0.4, -0.2) is 11.2 Å². The van der Waals surface area contributed by atoms with E-state index >= 15 is 0 Å².